The fourth-order valence-corrected chi connectivity index (χ4v) is 1.18. The number of carbonyl (C=O) groups is 2. The van der Waals surface area contributed by atoms with Crippen molar-refractivity contribution in [2.45, 2.75) is 0 Å². The number of carbonyl (C=O) groups excluding carboxylic acids is 2. The van der Waals surface area contributed by atoms with Crippen LogP contribution in [0.3, 0.4) is 0 Å². The Bertz CT molecular complexity index is 456. The van der Waals surface area contributed by atoms with Gasteiger partial charge in [0, 0.05) is 5.02 Å². The normalized spacial score (nSPS) is 9.44. The number of ether oxygens (including phenoxy) is 2. The lowest BCUT2D eigenvalue weighted by Gasteiger charge is -2.08. The third-order valence-corrected chi connectivity index (χ3v) is 2.16. The van der Waals surface area contributed by atoms with Gasteiger partial charge in [-0.15, -0.1) is 0 Å². The number of halogens is 1. The van der Waals surface area contributed by atoms with Crippen LogP contribution in [-0.2, 0) is 14.3 Å². The molecule has 0 atom stereocenters. The van der Waals surface area contributed by atoms with Crippen LogP contribution in [0.5, 0.6) is 5.75 Å². The summed E-state index contributed by atoms with van der Waals surface area (Å²) >= 11 is 5.70. The largest absolute Gasteiger partial charge is 0.484 e. The average molecular weight is 270 g/mol. The molecule has 1 amide bonds. The van der Waals surface area contributed by atoms with Crippen molar-refractivity contribution in [3.63, 3.8) is 0 Å². The number of methoxy groups -OCH3 is 1. The number of hydrogen-bond donors (Lipinski definition) is 1. The highest BCUT2D eigenvalue weighted by atomic mass is 35.5. The molecule has 1 rings (SSSR count). The Morgan fingerprint density at radius 1 is 1.33 bits per heavy atom. The molecule has 0 aliphatic carbocycles. The first-order valence-corrected chi connectivity index (χ1v) is 5.36. The molecule has 0 bridgehead atoms. The topological polar surface area (TPSA) is 64.6 Å². The maximum Gasteiger partial charge on any atom is 0.353 e. The zero-order valence-corrected chi connectivity index (χ0v) is 10.5. The molecule has 1 aromatic rings. The van der Waals surface area contributed by atoms with Crippen LogP contribution in [0.1, 0.15) is 0 Å². The molecule has 18 heavy (non-hydrogen) atoms. The van der Waals surface area contributed by atoms with E-state index in [0.717, 1.165) is 0 Å². The number of esters is 1. The molecule has 0 spiro atoms. The molecule has 0 aliphatic rings. The van der Waals surface area contributed by atoms with Crippen LogP contribution < -0.4 is 10.1 Å². The maximum absolute atomic E-state index is 11.4. The number of nitrogens with one attached hydrogen (secondary N) is 1. The SMILES string of the molecule is C=C(NC(=O)COc1ccc(Cl)cc1)C(=O)OC. The minimum atomic E-state index is -0.699. The minimum Gasteiger partial charge on any atom is -0.484 e. The summed E-state index contributed by atoms with van der Waals surface area (Å²) in [5, 5.41) is 2.83. The van der Waals surface area contributed by atoms with E-state index in [9.17, 15) is 9.59 Å². The summed E-state index contributed by atoms with van der Waals surface area (Å²) < 4.78 is 9.55. The molecule has 0 heterocycles. The Hall–Kier alpha value is -2.01. The Morgan fingerprint density at radius 3 is 2.50 bits per heavy atom. The van der Waals surface area contributed by atoms with E-state index in [2.05, 4.69) is 16.6 Å². The number of rotatable bonds is 5. The molecule has 0 aromatic heterocycles. The molecule has 0 radical (unpaired) electrons. The van der Waals surface area contributed by atoms with E-state index >= 15 is 0 Å². The fourth-order valence-electron chi connectivity index (χ4n) is 1.06. The van der Waals surface area contributed by atoms with E-state index in [-0.39, 0.29) is 12.3 Å². The van der Waals surface area contributed by atoms with Gasteiger partial charge in [0.05, 0.1) is 7.11 Å². The Labute approximate surface area is 109 Å². The Morgan fingerprint density at radius 2 is 1.94 bits per heavy atom. The van der Waals surface area contributed by atoms with Crippen LogP contribution in [0.2, 0.25) is 5.02 Å². The molecule has 1 aromatic carbocycles. The van der Waals surface area contributed by atoms with Crippen LogP contribution in [0.15, 0.2) is 36.5 Å². The third kappa shape index (κ3) is 4.47. The quantitative estimate of drug-likeness (QED) is 0.650. The second kappa shape index (κ2) is 6.66. The molecule has 0 aliphatic heterocycles. The molecule has 0 unspecified atom stereocenters. The Kier molecular flexibility index (Phi) is 5.20. The summed E-state index contributed by atoms with van der Waals surface area (Å²) in [5.41, 5.74) is -0.137. The first kappa shape index (κ1) is 14.1. The first-order valence-electron chi connectivity index (χ1n) is 4.98. The molecule has 0 fully saturated rings. The average Bonchev–Trinajstić information content (AvgIpc) is 2.37. The van der Waals surface area contributed by atoms with E-state index in [4.69, 9.17) is 16.3 Å². The molecule has 0 saturated heterocycles. The molecule has 5 nitrogen and oxygen atoms in total. The Balaban J connectivity index is 2.40. The lowest BCUT2D eigenvalue weighted by molar-refractivity contribution is -0.138. The van der Waals surface area contributed by atoms with Gasteiger partial charge in [0.2, 0.25) is 0 Å². The number of hydrogen-bond acceptors (Lipinski definition) is 4. The van der Waals surface area contributed by atoms with Crippen molar-refractivity contribution < 1.29 is 19.1 Å². The van der Waals surface area contributed by atoms with Gasteiger partial charge in [0.25, 0.3) is 5.91 Å². The van der Waals surface area contributed by atoms with Crippen LogP contribution in [0, 0.1) is 0 Å². The molecule has 96 valence electrons. The van der Waals surface area contributed by atoms with Crippen molar-refractivity contribution in [2.75, 3.05) is 13.7 Å². The number of amides is 1. The standard InChI is InChI=1S/C12H12ClNO4/c1-8(12(16)17-2)14-11(15)7-18-10-5-3-9(13)4-6-10/h3-6H,1,7H2,2H3,(H,14,15). The van der Waals surface area contributed by atoms with Crippen LogP contribution in [0.4, 0.5) is 0 Å². The smallest absolute Gasteiger partial charge is 0.353 e. The van der Waals surface area contributed by atoms with Gasteiger partial charge in [0.15, 0.2) is 6.61 Å². The highest BCUT2D eigenvalue weighted by Crippen LogP contribution is 2.15. The highest BCUT2D eigenvalue weighted by Gasteiger charge is 2.10. The van der Waals surface area contributed by atoms with E-state index in [1.807, 2.05) is 0 Å². The zero-order chi connectivity index (χ0) is 13.5. The lowest BCUT2D eigenvalue weighted by Crippen LogP contribution is -2.31. The monoisotopic (exact) mass is 269 g/mol. The van der Waals surface area contributed by atoms with Gasteiger partial charge in [-0.2, -0.15) is 0 Å². The van der Waals surface area contributed by atoms with Gasteiger partial charge >= 0.3 is 5.97 Å². The van der Waals surface area contributed by atoms with Crippen LogP contribution >= 0.6 is 11.6 Å². The third-order valence-electron chi connectivity index (χ3n) is 1.91. The zero-order valence-electron chi connectivity index (χ0n) is 9.73. The predicted octanol–water partition coefficient (Wildman–Crippen LogP) is 1.52. The van der Waals surface area contributed by atoms with Gasteiger partial charge in [-0.25, -0.2) is 4.79 Å². The summed E-state index contributed by atoms with van der Waals surface area (Å²) in [6, 6.07) is 6.54. The number of benzene rings is 1. The maximum atomic E-state index is 11.4. The van der Waals surface area contributed by atoms with E-state index < -0.39 is 11.9 Å². The summed E-state index contributed by atoms with van der Waals surface area (Å²) in [6.45, 7) is 3.11. The van der Waals surface area contributed by atoms with Crippen LogP contribution in [0.25, 0.3) is 0 Å². The molecular formula is C12H12ClNO4. The first-order chi connectivity index (χ1) is 8.52. The highest BCUT2D eigenvalue weighted by molar-refractivity contribution is 6.30. The minimum absolute atomic E-state index is 0.137. The van der Waals surface area contributed by atoms with Gasteiger partial charge in [-0.1, -0.05) is 18.2 Å². The van der Waals surface area contributed by atoms with Gasteiger partial charge in [0.1, 0.15) is 11.4 Å². The fraction of sp³-hybridized carbons (Fsp3) is 0.167. The summed E-state index contributed by atoms with van der Waals surface area (Å²) in [5.74, 6) is -0.701. The van der Waals surface area contributed by atoms with Crippen molar-refractivity contribution in [1.82, 2.24) is 5.32 Å². The van der Waals surface area contributed by atoms with Gasteiger partial charge in [-0.05, 0) is 24.3 Å². The van der Waals surface area contributed by atoms with Gasteiger partial charge in [-0.3, -0.25) is 4.79 Å². The molecule has 0 saturated carbocycles. The summed E-state index contributed by atoms with van der Waals surface area (Å²) in [7, 11) is 1.20. The lowest BCUT2D eigenvalue weighted by atomic mass is 10.3. The molecular weight excluding hydrogens is 258 g/mol. The van der Waals surface area contributed by atoms with Crippen molar-refractivity contribution in [3.05, 3.63) is 41.6 Å². The van der Waals surface area contributed by atoms with E-state index in [1.54, 1.807) is 24.3 Å². The van der Waals surface area contributed by atoms with E-state index in [0.29, 0.717) is 10.8 Å². The summed E-state index contributed by atoms with van der Waals surface area (Å²) in [4.78, 5) is 22.4. The summed E-state index contributed by atoms with van der Waals surface area (Å²) in [6.07, 6.45) is 0. The van der Waals surface area contributed by atoms with Crippen LogP contribution in [-0.4, -0.2) is 25.6 Å². The van der Waals surface area contributed by atoms with Crippen molar-refractivity contribution in [3.8, 4) is 5.75 Å². The van der Waals surface area contributed by atoms with Gasteiger partial charge < -0.3 is 14.8 Å². The second-order valence-electron chi connectivity index (χ2n) is 3.26. The van der Waals surface area contributed by atoms with Crippen molar-refractivity contribution in [2.24, 2.45) is 0 Å². The second-order valence-corrected chi connectivity index (χ2v) is 3.70. The van der Waals surface area contributed by atoms with Crippen molar-refractivity contribution in [1.29, 1.82) is 0 Å². The van der Waals surface area contributed by atoms with E-state index in [1.165, 1.54) is 7.11 Å². The molecule has 6 heteroatoms. The molecule has 1 N–H and O–H groups in total. The predicted molar refractivity (Wildman–Crippen MR) is 66.2 cm³/mol. The van der Waals surface area contributed by atoms with Crippen molar-refractivity contribution >= 4 is 23.5 Å².